The molecule has 0 spiro atoms. The standard InChI is InChI=1S/3C36H24N2.Ru/c3*1-3-7-25(8-4-1)27-11-15-29(16-12-27)31-21-23-37-35-33(31)19-20-34-32(22-24-38-36(34)35)30-17-13-28(14-18-30)26-9-5-2-6-10-26;/h3*1-24H;/q;;;+2. The molecule has 6 heterocycles. The normalized spacial score (nSPS) is 11.1. The summed E-state index contributed by atoms with van der Waals surface area (Å²) in [6.07, 6.45) is 11.4. The van der Waals surface area contributed by atoms with Crippen molar-refractivity contribution in [3.8, 4) is 134 Å². The topological polar surface area (TPSA) is 77.3 Å². The van der Waals surface area contributed by atoms with Gasteiger partial charge in [-0.1, -0.05) is 364 Å². The Bertz CT molecular complexity index is 5880. The second kappa shape index (κ2) is 32.8. The zero-order valence-electron chi connectivity index (χ0n) is 62.6. The quantitative estimate of drug-likeness (QED) is 0.0896. The van der Waals surface area contributed by atoms with Crippen molar-refractivity contribution in [2.75, 3.05) is 0 Å². The third kappa shape index (κ3) is 14.8. The Morgan fingerprint density at radius 3 is 0.348 bits per heavy atom. The minimum Gasteiger partial charge on any atom is -0.254 e. The number of benzene rings is 15. The van der Waals surface area contributed by atoms with E-state index >= 15 is 0 Å². The molecule has 0 aliphatic heterocycles. The average molecular weight is 1550 g/mol. The molecule has 540 valence electrons. The molecule has 0 bridgehead atoms. The molecule has 15 aromatic carbocycles. The number of pyridine rings is 6. The molecular formula is C108H72N6Ru+2. The SMILES string of the molecule is [Ru+2].c1ccc(-c2ccc(-c3ccnc4c3ccc3c(-c5ccc(-c6ccccc6)cc5)ccnc34)cc2)cc1.c1ccc(-c2ccc(-c3ccnc4c3ccc3c(-c5ccc(-c6ccccc6)cc5)ccnc34)cc2)cc1.c1ccc(-c2ccc(-c3ccnc4c3ccc3c(-c5ccc(-c6ccccc6)cc5)ccnc34)cc2)cc1. The van der Waals surface area contributed by atoms with Crippen LogP contribution in [0, 0.1) is 0 Å². The Kier molecular flexibility index (Phi) is 20.5. The van der Waals surface area contributed by atoms with Crippen molar-refractivity contribution in [1.29, 1.82) is 0 Å². The second-order valence-electron chi connectivity index (χ2n) is 28.4. The van der Waals surface area contributed by atoms with Gasteiger partial charge in [-0.15, -0.1) is 0 Å². The maximum atomic E-state index is 4.79. The van der Waals surface area contributed by atoms with Gasteiger partial charge in [-0.3, -0.25) is 29.9 Å². The van der Waals surface area contributed by atoms with Crippen LogP contribution in [-0.4, -0.2) is 29.9 Å². The van der Waals surface area contributed by atoms with Gasteiger partial charge >= 0.3 is 19.5 Å². The molecule has 21 aromatic rings. The summed E-state index contributed by atoms with van der Waals surface area (Å²) in [5.41, 5.74) is 34.1. The van der Waals surface area contributed by atoms with E-state index in [0.717, 1.165) is 98.8 Å². The maximum absolute atomic E-state index is 4.79. The van der Waals surface area contributed by atoms with Crippen molar-refractivity contribution < 1.29 is 19.5 Å². The first kappa shape index (κ1) is 72.0. The zero-order chi connectivity index (χ0) is 75.9. The summed E-state index contributed by atoms with van der Waals surface area (Å²) in [6.45, 7) is 0. The summed E-state index contributed by atoms with van der Waals surface area (Å²) >= 11 is 0. The van der Waals surface area contributed by atoms with E-state index in [1.165, 1.54) is 100 Å². The molecule has 6 aromatic heterocycles. The Morgan fingerprint density at radius 1 is 0.104 bits per heavy atom. The first-order chi connectivity index (χ1) is 56.5. The van der Waals surface area contributed by atoms with Crippen molar-refractivity contribution in [2.45, 2.75) is 0 Å². The van der Waals surface area contributed by atoms with Crippen LogP contribution in [0.4, 0.5) is 0 Å². The fourth-order valence-corrected chi connectivity index (χ4v) is 15.8. The van der Waals surface area contributed by atoms with Crippen molar-refractivity contribution >= 4 is 65.4 Å². The number of nitrogens with zero attached hydrogens (tertiary/aromatic N) is 6. The predicted molar refractivity (Wildman–Crippen MR) is 476 cm³/mol. The van der Waals surface area contributed by atoms with Crippen LogP contribution < -0.4 is 0 Å². The minimum absolute atomic E-state index is 0. The van der Waals surface area contributed by atoms with Crippen molar-refractivity contribution in [3.63, 3.8) is 0 Å². The van der Waals surface area contributed by atoms with E-state index in [4.69, 9.17) is 29.9 Å². The molecule has 0 aliphatic carbocycles. The molecule has 0 saturated carbocycles. The van der Waals surface area contributed by atoms with Gasteiger partial charge in [0.05, 0.1) is 33.1 Å². The number of aromatic nitrogens is 6. The largest absolute Gasteiger partial charge is 2.00 e. The van der Waals surface area contributed by atoms with Gasteiger partial charge in [0.1, 0.15) is 0 Å². The van der Waals surface area contributed by atoms with Crippen LogP contribution in [0.1, 0.15) is 0 Å². The molecule has 115 heavy (non-hydrogen) atoms. The summed E-state index contributed by atoms with van der Waals surface area (Å²) in [7, 11) is 0. The number of hydrogen-bond acceptors (Lipinski definition) is 6. The molecule has 0 radical (unpaired) electrons. The van der Waals surface area contributed by atoms with Gasteiger partial charge in [-0.25, -0.2) is 0 Å². The Morgan fingerprint density at radius 2 is 0.217 bits per heavy atom. The van der Waals surface area contributed by atoms with Gasteiger partial charge < -0.3 is 0 Å². The van der Waals surface area contributed by atoms with Gasteiger partial charge in [0, 0.05) is 69.5 Å². The summed E-state index contributed by atoms with van der Waals surface area (Å²) in [5, 5.41) is 6.65. The van der Waals surface area contributed by atoms with Crippen molar-refractivity contribution in [1.82, 2.24) is 29.9 Å². The smallest absolute Gasteiger partial charge is 0.254 e. The molecule has 0 aliphatic rings. The Balaban J connectivity index is 0.000000119. The second-order valence-corrected chi connectivity index (χ2v) is 28.4. The average Bonchev–Trinajstić information content (AvgIpc) is 0.766. The molecule has 0 amide bonds. The number of fused-ring (bicyclic) bond motifs is 9. The van der Waals surface area contributed by atoms with Gasteiger partial charge in [-0.05, 0) is 170 Å². The Labute approximate surface area is 681 Å². The molecule has 0 N–H and O–H groups in total. The van der Waals surface area contributed by atoms with Gasteiger partial charge in [0.25, 0.3) is 0 Å². The number of rotatable bonds is 12. The van der Waals surface area contributed by atoms with Crippen LogP contribution in [0.25, 0.3) is 199 Å². The molecule has 0 atom stereocenters. The monoisotopic (exact) mass is 1550 g/mol. The third-order valence-electron chi connectivity index (χ3n) is 21.7. The third-order valence-corrected chi connectivity index (χ3v) is 21.7. The van der Waals surface area contributed by atoms with Crippen LogP contribution in [0.3, 0.4) is 0 Å². The van der Waals surface area contributed by atoms with Crippen LogP contribution in [-0.2, 0) is 19.5 Å². The first-order valence-electron chi connectivity index (χ1n) is 38.5. The van der Waals surface area contributed by atoms with E-state index in [0.29, 0.717) is 0 Å². The van der Waals surface area contributed by atoms with E-state index in [1.54, 1.807) is 0 Å². The van der Waals surface area contributed by atoms with E-state index in [1.807, 2.05) is 73.6 Å². The summed E-state index contributed by atoms with van der Waals surface area (Å²) in [4.78, 5) is 28.7. The van der Waals surface area contributed by atoms with Gasteiger partial charge in [0.15, 0.2) is 0 Å². The van der Waals surface area contributed by atoms with Gasteiger partial charge in [0.2, 0.25) is 0 Å². The molecular weight excluding hydrogens is 1480 g/mol. The summed E-state index contributed by atoms with van der Waals surface area (Å²) in [6, 6.07) is 141. The van der Waals surface area contributed by atoms with E-state index in [9.17, 15) is 0 Å². The van der Waals surface area contributed by atoms with E-state index < -0.39 is 0 Å². The van der Waals surface area contributed by atoms with Gasteiger partial charge in [-0.2, -0.15) is 0 Å². The fraction of sp³-hybridized carbons (Fsp3) is 0. The molecule has 0 fully saturated rings. The molecule has 21 rings (SSSR count). The maximum Gasteiger partial charge on any atom is 2.00 e. The number of hydrogen-bond donors (Lipinski definition) is 0. The van der Waals surface area contributed by atoms with E-state index in [2.05, 4.69) is 364 Å². The van der Waals surface area contributed by atoms with Crippen LogP contribution >= 0.6 is 0 Å². The Hall–Kier alpha value is -14.6. The van der Waals surface area contributed by atoms with Crippen LogP contribution in [0.5, 0.6) is 0 Å². The molecule has 0 unspecified atom stereocenters. The van der Waals surface area contributed by atoms with E-state index in [-0.39, 0.29) is 19.5 Å². The summed E-state index contributed by atoms with van der Waals surface area (Å²) < 4.78 is 0. The predicted octanol–water partition coefficient (Wildman–Crippen LogP) is 28.4. The van der Waals surface area contributed by atoms with Crippen LogP contribution in [0.2, 0.25) is 0 Å². The zero-order valence-corrected chi connectivity index (χ0v) is 64.3. The molecule has 0 saturated heterocycles. The fourth-order valence-electron chi connectivity index (χ4n) is 15.8. The summed E-state index contributed by atoms with van der Waals surface area (Å²) in [5.74, 6) is 0. The molecule has 6 nitrogen and oxygen atoms in total. The van der Waals surface area contributed by atoms with Crippen molar-refractivity contribution in [2.24, 2.45) is 0 Å². The van der Waals surface area contributed by atoms with Crippen LogP contribution in [0.15, 0.2) is 438 Å². The molecule has 7 heteroatoms. The first-order valence-corrected chi connectivity index (χ1v) is 38.5. The minimum atomic E-state index is 0. The van der Waals surface area contributed by atoms with Crippen molar-refractivity contribution in [3.05, 3.63) is 438 Å².